The summed E-state index contributed by atoms with van der Waals surface area (Å²) in [4.78, 5) is 12.0. The van der Waals surface area contributed by atoms with E-state index in [1.54, 1.807) is 21.0 Å². The van der Waals surface area contributed by atoms with Gasteiger partial charge in [0.15, 0.2) is 0 Å². The van der Waals surface area contributed by atoms with Crippen LogP contribution >= 0.6 is 0 Å². The van der Waals surface area contributed by atoms with Crippen molar-refractivity contribution in [1.82, 2.24) is 4.90 Å². The molecule has 0 aliphatic rings. The minimum Gasteiger partial charge on any atom is -0.667 e. The number of hydrogen-bond acceptors (Lipinski definition) is 1. The summed E-state index contributed by atoms with van der Waals surface area (Å²) < 4.78 is 0. The van der Waals surface area contributed by atoms with Gasteiger partial charge in [0.1, 0.15) is 0 Å². The molecule has 4 heteroatoms. The van der Waals surface area contributed by atoms with Crippen molar-refractivity contribution in [2.75, 3.05) is 14.1 Å². The van der Waals surface area contributed by atoms with Gasteiger partial charge in [0, 0.05) is 30.9 Å². The van der Waals surface area contributed by atoms with Gasteiger partial charge in [-0.3, -0.25) is 4.79 Å². The second-order valence-corrected chi connectivity index (χ2v) is 1.95. The zero-order chi connectivity index (χ0) is 6.73. The average Bonchev–Trinajstić information content (AvgIpc) is 1.64. The van der Waals surface area contributed by atoms with Crippen LogP contribution < -0.4 is 0 Å². The average molecular weight is 204 g/mol. The Morgan fingerprint density at radius 2 is 1.64 bits per heavy atom. The molecule has 0 spiro atoms. The summed E-state index contributed by atoms with van der Waals surface area (Å²) in [5.74, 6) is -0.148. The van der Waals surface area contributed by atoms with Gasteiger partial charge in [0.05, 0.1) is 0 Å². The van der Waals surface area contributed by atoms with E-state index in [1.807, 2.05) is 0 Å². The molecule has 1 N–H and O–H groups in total. The maximum atomic E-state index is 10.6. The maximum absolute atomic E-state index is 10.6. The monoisotopic (exact) mass is 204 g/mol. The Labute approximate surface area is 80.5 Å². The third-order valence-corrected chi connectivity index (χ3v) is 0.811. The standard InChI is InChI=1S/C5H11N2O.2CH3.Co/c1-4(6)5(8)7(2)3;;;/h4,6H,1-3H3;2*1H3;/q3*-1;. The fourth-order valence-corrected chi connectivity index (χ4v) is 0.387. The van der Waals surface area contributed by atoms with Crippen LogP contribution in [0.25, 0.3) is 5.73 Å². The van der Waals surface area contributed by atoms with Crippen LogP contribution in [-0.4, -0.2) is 30.9 Å². The molecule has 0 rings (SSSR count). The SMILES string of the molecule is CC([NH-])C(=O)N(C)C.[CH3-].[CH3-].[Co]. The van der Waals surface area contributed by atoms with E-state index < -0.39 is 6.04 Å². The minimum atomic E-state index is -0.620. The molecule has 0 fully saturated rings. The molecule has 0 aromatic carbocycles. The predicted molar refractivity (Wildman–Crippen MR) is 45.3 cm³/mol. The van der Waals surface area contributed by atoms with Crippen molar-refractivity contribution >= 4 is 5.91 Å². The van der Waals surface area contributed by atoms with Crippen LogP contribution in [0.5, 0.6) is 0 Å². The summed E-state index contributed by atoms with van der Waals surface area (Å²) in [6.45, 7) is 1.56. The number of carbonyl (C=O) groups is 1. The van der Waals surface area contributed by atoms with Crippen LogP contribution in [0.4, 0.5) is 0 Å². The number of carbonyl (C=O) groups excluding carboxylic acids is 1. The van der Waals surface area contributed by atoms with Crippen LogP contribution in [0, 0.1) is 14.9 Å². The molecule has 0 aliphatic carbocycles. The summed E-state index contributed by atoms with van der Waals surface area (Å²) in [5.41, 5.74) is 6.92. The molecule has 0 saturated heterocycles. The van der Waals surface area contributed by atoms with E-state index in [1.165, 1.54) is 4.90 Å². The first-order valence-corrected chi connectivity index (χ1v) is 2.48. The molecule has 73 valence electrons. The summed E-state index contributed by atoms with van der Waals surface area (Å²) in [6, 6.07) is -0.620. The Hall–Kier alpha value is -0.0635. The second-order valence-electron chi connectivity index (χ2n) is 1.95. The predicted octanol–water partition coefficient (Wildman–Crippen LogP) is 1.41. The van der Waals surface area contributed by atoms with Crippen molar-refractivity contribution in [3.63, 3.8) is 0 Å². The van der Waals surface area contributed by atoms with Crippen molar-refractivity contribution in [3.05, 3.63) is 20.6 Å². The Kier molecular flexibility index (Phi) is 20.3. The molecule has 1 radical (unpaired) electrons. The molecule has 1 amide bonds. The van der Waals surface area contributed by atoms with E-state index in [-0.39, 0.29) is 37.5 Å². The van der Waals surface area contributed by atoms with E-state index in [0.29, 0.717) is 0 Å². The zero-order valence-corrected chi connectivity index (χ0v) is 8.81. The molecule has 1 unspecified atom stereocenters. The quantitative estimate of drug-likeness (QED) is 0.595. The van der Waals surface area contributed by atoms with Gasteiger partial charge in [-0.05, 0) is 0 Å². The van der Waals surface area contributed by atoms with E-state index in [2.05, 4.69) is 0 Å². The third kappa shape index (κ3) is 9.94. The van der Waals surface area contributed by atoms with Crippen molar-refractivity contribution in [1.29, 1.82) is 0 Å². The van der Waals surface area contributed by atoms with Gasteiger partial charge in [-0.15, -0.1) is 0 Å². The number of nitrogens with one attached hydrogen (secondary N) is 1. The van der Waals surface area contributed by atoms with Gasteiger partial charge < -0.3 is 25.5 Å². The topological polar surface area (TPSA) is 44.1 Å². The molecule has 0 saturated carbocycles. The van der Waals surface area contributed by atoms with Crippen LogP contribution in [0.15, 0.2) is 0 Å². The molecule has 0 aromatic rings. The van der Waals surface area contributed by atoms with Gasteiger partial charge in [0.2, 0.25) is 5.91 Å². The van der Waals surface area contributed by atoms with E-state index in [4.69, 9.17) is 5.73 Å². The molecule has 0 aromatic heterocycles. The Bertz CT molecular complexity index is 84.4. The normalized spacial score (nSPS) is 9.45. The third-order valence-electron chi connectivity index (χ3n) is 0.811. The first-order chi connectivity index (χ1) is 3.55. The number of likely N-dealkylation sites (N-methyl/N-ethyl adjacent to an activating group) is 1. The summed E-state index contributed by atoms with van der Waals surface area (Å²) >= 11 is 0. The molecule has 3 nitrogen and oxygen atoms in total. The first-order valence-electron chi connectivity index (χ1n) is 2.48. The second kappa shape index (κ2) is 9.94. The zero-order valence-electron chi connectivity index (χ0n) is 7.77. The molecular weight excluding hydrogens is 187 g/mol. The van der Waals surface area contributed by atoms with Crippen molar-refractivity contribution in [2.24, 2.45) is 0 Å². The van der Waals surface area contributed by atoms with E-state index in [0.717, 1.165) is 0 Å². The number of amides is 1. The molecule has 11 heavy (non-hydrogen) atoms. The van der Waals surface area contributed by atoms with Crippen molar-refractivity contribution in [3.8, 4) is 0 Å². The Morgan fingerprint density at radius 1 is 1.36 bits per heavy atom. The van der Waals surface area contributed by atoms with E-state index in [9.17, 15) is 4.79 Å². The van der Waals surface area contributed by atoms with Gasteiger partial charge >= 0.3 is 0 Å². The molecule has 1 atom stereocenters. The van der Waals surface area contributed by atoms with Crippen molar-refractivity contribution in [2.45, 2.75) is 13.0 Å². The van der Waals surface area contributed by atoms with Crippen LogP contribution in [0.1, 0.15) is 6.92 Å². The van der Waals surface area contributed by atoms with Gasteiger partial charge in [-0.25, -0.2) is 0 Å². The fourth-order valence-electron chi connectivity index (χ4n) is 0.387. The molecule has 0 aliphatic heterocycles. The van der Waals surface area contributed by atoms with Crippen LogP contribution in [-0.2, 0) is 21.6 Å². The number of hydrogen-bond donors (Lipinski definition) is 0. The summed E-state index contributed by atoms with van der Waals surface area (Å²) in [7, 11) is 3.29. The van der Waals surface area contributed by atoms with Crippen molar-refractivity contribution < 1.29 is 21.6 Å². The van der Waals surface area contributed by atoms with Gasteiger partial charge in [0.25, 0.3) is 0 Å². The molecule has 0 heterocycles. The maximum Gasteiger partial charge on any atom is 0.203 e. The first kappa shape index (κ1) is 22.4. The Balaban J connectivity index is -0.0000000817. The smallest absolute Gasteiger partial charge is 0.203 e. The number of nitrogens with zero attached hydrogens (tertiary/aromatic N) is 1. The van der Waals surface area contributed by atoms with Gasteiger partial charge in [-0.1, -0.05) is 13.0 Å². The number of rotatable bonds is 1. The fraction of sp³-hybridized carbons (Fsp3) is 0.571. The van der Waals surface area contributed by atoms with Crippen LogP contribution in [0.2, 0.25) is 0 Å². The summed E-state index contributed by atoms with van der Waals surface area (Å²) in [5, 5.41) is 0. The Morgan fingerprint density at radius 3 is 1.64 bits per heavy atom. The van der Waals surface area contributed by atoms with E-state index >= 15 is 0 Å². The molecule has 0 bridgehead atoms. The van der Waals surface area contributed by atoms with Gasteiger partial charge in [-0.2, -0.15) is 0 Å². The molecular formula is C7H17CoN2O-3. The summed E-state index contributed by atoms with van der Waals surface area (Å²) in [6.07, 6.45) is 0. The minimum absolute atomic E-state index is 0. The van der Waals surface area contributed by atoms with Crippen LogP contribution in [0.3, 0.4) is 0 Å². The largest absolute Gasteiger partial charge is 0.667 e.